The largest absolute Gasteiger partial charge is 0.389 e. The van der Waals surface area contributed by atoms with Crippen molar-refractivity contribution in [3.8, 4) is 0 Å². The molecule has 14 heavy (non-hydrogen) atoms. The van der Waals surface area contributed by atoms with Gasteiger partial charge in [0.15, 0.2) is 0 Å². The fraction of sp³-hybridized carbons (Fsp3) is 0.300. The predicted molar refractivity (Wildman–Crippen MR) is 64.0 cm³/mol. The summed E-state index contributed by atoms with van der Waals surface area (Å²) in [5.74, 6) is 0. The maximum Gasteiger partial charge on any atom is 0.105 e. The number of nitrogens with one attached hydrogen (secondary N) is 1. The third-order valence-electron chi connectivity index (χ3n) is 2.18. The number of hydrogen-bond acceptors (Lipinski definition) is 2. The first kappa shape index (κ1) is 9.74. The number of benzene rings is 1. The van der Waals surface area contributed by atoms with Crippen LogP contribution in [-0.4, -0.2) is 11.0 Å². The lowest BCUT2D eigenvalue weighted by atomic mass is 10.2. The molecule has 0 heterocycles. The maximum absolute atomic E-state index is 6.02. The lowest BCUT2D eigenvalue weighted by Crippen LogP contribution is -2.10. The minimum Gasteiger partial charge on any atom is -0.389 e. The van der Waals surface area contributed by atoms with Gasteiger partial charge in [-0.15, -0.1) is 0 Å². The van der Waals surface area contributed by atoms with Crippen molar-refractivity contribution in [3.05, 3.63) is 28.8 Å². The molecule has 0 saturated heterocycles. The van der Waals surface area contributed by atoms with Crippen LogP contribution in [0.1, 0.15) is 18.4 Å². The van der Waals surface area contributed by atoms with E-state index in [2.05, 4.69) is 5.32 Å². The second-order valence-electron chi connectivity index (χ2n) is 3.48. The second-order valence-corrected chi connectivity index (χ2v) is 4.32. The molecule has 1 aliphatic rings. The van der Waals surface area contributed by atoms with E-state index < -0.39 is 0 Å². The third kappa shape index (κ3) is 2.16. The molecular weight excluding hydrogens is 216 g/mol. The molecule has 1 fully saturated rings. The summed E-state index contributed by atoms with van der Waals surface area (Å²) in [6.07, 6.45) is 2.49. The summed E-state index contributed by atoms with van der Waals surface area (Å²) in [5.41, 5.74) is 7.28. The standard InChI is InChI=1S/C10H11ClN2S/c11-9-5-7(13-6-1-2-6)3-4-8(9)10(12)14/h3-6,13H,1-2H2,(H2,12,14). The molecule has 0 amide bonds. The van der Waals surface area contributed by atoms with Crippen LogP contribution in [0.25, 0.3) is 0 Å². The topological polar surface area (TPSA) is 38.0 Å². The average Bonchev–Trinajstić information content (AvgIpc) is 2.87. The number of hydrogen-bond donors (Lipinski definition) is 2. The minimum absolute atomic E-state index is 0.341. The van der Waals surface area contributed by atoms with Gasteiger partial charge in [-0.1, -0.05) is 23.8 Å². The van der Waals surface area contributed by atoms with Gasteiger partial charge in [0.1, 0.15) is 4.99 Å². The molecule has 1 saturated carbocycles. The molecule has 1 aromatic carbocycles. The van der Waals surface area contributed by atoms with E-state index in [1.54, 1.807) is 0 Å². The van der Waals surface area contributed by atoms with Gasteiger partial charge >= 0.3 is 0 Å². The molecule has 0 aliphatic heterocycles. The summed E-state index contributed by atoms with van der Waals surface area (Å²) in [7, 11) is 0. The lowest BCUT2D eigenvalue weighted by molar-refractivity contribution is 1.16. The Bertz CT molecular complexity index is 374. The molecular formula is C10H11ClN2S. The first-order valence-electron chi connectivity index (χ1n) is 4.52. The molecule has 0 aromatic heterocycles. The summed E-state index contributed by atoms with van der Waals surface area (Å²) in [5, 5.41) is 3.97. The van der Waals surface area contributed by atoms with Crippen LogP contribution in [0.15, 0.2) is 18.2 Å². The Balaban J connectivity index is 2.20. The van der Waals surface area contributed by atoms with Crippen LogP contribution in [0, 0.1) is 0 Å². The van der Waals surface area contributed by atoms with Gasteiger partial charge in [-0.25, -0.2) is 0 Å². The Morgan fingerprint density at radius 3 is 2.71 bits per heavy atom. The molecule has 3 N–H and O–H groups in total. The lowest BCUT2D eigenvalue weighted by Gasteiger charge is -2.07. The van der Waals surface area contributed by atoms with E-state index in [4.69, 9.17) is 29.6 Å². The van der Waals surface area contributed by atoms with Crippen molar-refractivity contribution in [3.63, 3.8) is 0 Å². The van der Waals surface area contributed by atoms with Gasteiger partial charge < -0.3 is 11.1 Å². The van der Waals surface area contributed by atoms with E-state index in [-0.39, 0.29) is 0 Å². The number of nitrogens with two attached hydrogens (primary N) is 1. The van der Waals surface area contributed by atoms with E-state index in [9.17, 15) is 0 Å². The van der Waals surface area contributed by atoms with Gasteiger partial charge in [0, 0.05) is 17.3 Å². The summed E-state index contributed by atoms with van der Waals surface area (Å²) in [6, 6.07) is 6.31. The van der Waals surface area contributed by atoms with E-state index >= 15 is 0 Å². The van der Waals surface area contributed by atoms with E-state index in [0.29, 0.717) is 16.1 Å². The van der Waals surface area contributed by atoms with Crippen LogP contribution in [0.2, 0.25) is 5.02 Å². The molecule has 2 rings (SSSR count). The summed E-state index contributed by atoms with van der Waals surface area (Å²) in [6.45, 7) is 0. The number of rotatable bonds is 3. The Morgan fingerprint density at radius 1 is 1.50 bits per heavy atom. The van der Waals surface area contributed by atoms with Crippen molar-refractivity contribution in [2.45, 2.75) is 18.9 Å². The van der Waals surface area contributed by atoms with Gasteiger partial charge in [-0.2, -0.15) is 0 Å². The molecule has 0 bridgehead atoms. The molecule has 0 atom stereocenters. The molecule has 74 valence electrons. The van der Waals surface area contributed by atoms with E-state index in [1.165, 1.54) is 12.8 Å². The Hall–Kier alpha value is -0.800. The number of thiocarbonyl (C=S) groups is 1. The Morgan fingerprint density at radius 2 is 2.21 bits per heavy atom. The van der Waals surface area contributed by atoms with E-state index in [0.717, 1.165) is 11.3 Å². The second kappa shape index (κ2) is 3.75. The SMILES string of the molecule is NC(=S)c1ccc(NC2CC2)cc1Cl. The quantitative estimate of drug-likeness (QED) is 0.778. The van der Waals surface area contributed by atoms with Crippen molar-refractivity contribution in [1.82, 2.24) is 0 Å². The fourth-order valence-electron chi connectivity index (χ4n) is 1.27. The first-order chi connectivity index (χ1) is 6.66. The Labute approximate surface area is 93.4 Å². The predicted octanol–water partition coefficient (Wildman–Crippen LogP) is 2.55. The van der Waals surface area contributed by atoms with Crippen LogP contribution in [0.5, 0.6) is 0 Å². The summed E-state index contributed by atoms with van der Waals surface area (Å²) in [4.78, 5) is 0.341. The summed E-state index contributed by atoms with van der Waals surface area (Å²) >= 11 is 10.9. The Kier molecular flexibility index (Phi) is 2.61. The smallest absolute Gasteiger partial charge is 0.105 e. The van der Waals surface area contributed by atoms with Gasteiger partial charge in [0.25, 0.3) is 0 Å². The van der Waals surface area contributed by atoms with Gasteiger partial charge in [0.2, 0.25) is 0 Å². The maximum atomic E-state index is 6.02. The minimum atomic E-state index is 0.341. The van der Waals surface area contributed by atoms with Crippen LogP contribution in [0.3, 0.4) is 0 Å². The highest BCUT2D eigenvalue weighted by molar-refractivity contribution is 7.80. The van der Waals surface area contributed by atoms with Gasteiger partial charge in [-0.05, 0) is 31.0 Å². The zero-order chi connectivity index (χ0) is 10.1. The molecule has 2 nitrogen and oxygen atoms in total. The number of halogens is 1. The molecule has 4 heteroatoms. The average molecular weight is 227 g/mol. The fourth-order valence-corrected chi connectivity index (χ4v) is 1.78. The van der Waals surface area contributed by atoms with Crippen molar-refractivity contribution >= 4 is 34.5 Å². The normalized spacial score (nSPS) is 15.2. The van der Waals surface area contributed by atoms with Crippen molar-refractivity contribution < 1.29 is 0 Å². The van der Waals surface area contributed by atoms with Crippen LogP contribution >= 0.6 is 23.8 Å². The van der Waals surface area contributed by atoms with Crippen LogP contribution in [0.4, 0.5) is 5.69 Å². The highest BCUT2D eigenvalue weighted by Crippen LogP contribution is 2.27. The summed E-state index contributed by atoms with van der Waals surface area (Å²) < 4.78 is 0. The van der Waals surface area contributed by atoms with Gasteiger partial charge in [-0.3, -0.25) is 0 Å². The van der Waals surface area contributed by atoms with Gasteiger partial charge in [0.05, 0.1) is 5.02 Å². The number of anilines is 1. The molecule has 0 spiro atoms. The highest BCUT2D eigenvalue weighted by Gasteiger charge is 2.20. The zero-order valence-corrected chi connectivity index (χ0v) is 9.16. The molecule has 1 aromatic rings. The van der Waals surface area contributed by atoms with Crippen LogP contribution < -0.4 is 11.1 Å². The van der Waals surface area contributed by atoms with Crippen molar-refractivity contribution in [2.24, 2.45) is 5.73 Å². The first-order valence-corrected chi connectivity index (χ1v) is 5.31. The highest BCUT2D eigenvalue weighted by atomic mass is 35.5. The molecule has 0 radical (unpaired) electrons. The zero-order valence-electron chi connectivity index (χ0n) is 7.59. The van der Waals surface area contributed by atoms with Crippen LogP contribution in [-0.2, 0) is 0 Å². The van der Waals surface area contributed by atoms with Crippen molar-refractivity contribution in [1.29, 1.82) is 0 Å². The molecule has 1 aliphatic carbocycles. The van der Waals surface area contributed by atoms with E-state index in [1.807, 2.05) is 18.2 Å². The molecule has 0 unspecified atom stereocenters. The monoisotopic (exact) mass is 226 g/mol. The third-order valence-corrected chi connectivity index (χ3v) is 2.72. The van der Waals surface area contributed by atoms with Crippen molar-refractivity contribution in [2.75, 3.05) is 5.32 Å².